The van der Waals surface area contributed by atoms with Crippen molar-refractivity contribution in [3.8, 4) is 0 Å². The van der Waals surface area contributed by atoms with Gasteiger partial charge in [-0.3, -0.25) is 4.79 Å². The fourth-order valence-electron chi connectivity index (χ4n) is 3.66. The van der Waals surface area contributed by atoms with E-state index in [0.29, 0.717) is 13.2 Å². The average molecular weight is 346 g/mol. The highest BCUT2D eigenvalue weighted by Gasteiger charge is 2.29. The molecule has 0 aromatic carbocycles. The molecule has 0 bridgehead atoms. The molecule has 7 heteroatoms. The summed E-state index contributed by atoms with van der Waals surface area (Å²) < 4.78 is 5.51. The molecule has 2 aliphatic heterocycles. The number of ether oxygens (including phenoxy) is 1. The standard InChI is InChI=1S/C17H22N4O2S/c1-12-11-23-7-6-20(12)13-9-15(19-16(22)10-13)21-5-2-3-14(21)17-18-4-8-24-17/h4,8-10,12,14H,2-3,5-7,11H2,1H3,(H,19,22). The number of H-pyrrole nitrogens is 1. The lowest BCUT2D eigenvalue weighted by atomic mass is 10.2. The van der Waals surface area contributed by atoms with Gasteiger partial charge in [0.15, 0.2) is 0 Å². The Hall–Kier alpha value is -1.86. The third-order valence-electron chi connectivity index (χ3n) is 4.81. The summed E-state index contributed by atoms with van der Waals surface area (Å²) >= 11 is 1.68. The van der Waals surface area contributed by atoms with E-state index in [1.165, 1.54) is 0 Å². The molecular formula is C17H22N4O2S. The minimum absolute atomic E-state index is 0.0500. The molecule has 6 nitrogen and oxygen atoms in total. The Kier molecular flexibility index (Phi) is 4.28. The van der Waals surface area contributed by atoms with Crippen LogP contribution in [-0.4, -0.2) is 42.3 Å². The third kappa shape index (κ3) is 2.93. The van der Waals surface area contributed by atoms with Gasteiger partial charge < -0.3 is 19.5 Å². The maximum atomic E-state index is 12.3. The topological polar surface area (TPSA) is 61.5 Å². The van der Waals surface area contributed by atoms with Crippen LogP contribution in [0.1, 0.15) is 30.8 Å². The van der Waals surface area contributed by atoms with Crippen molar-refractivity contribution in [2.45, 2.75) is 31.8 Å². The number of hydrogen-bond acceptors (Lipinski definition) is 6. The number of morpholine rings is 1. The summed E-state index contributed by atoms with van der Waals surface area (Å²) in [4.78, 5) is 24.3. The molecule has 2 saturated heterocycles. The molecule has 0 radical (unpaired) electrons. The Bertz CT molecular complexity index is 745. The Morgan fingerprint density at radius 3 is 3.04 bits per heavy atom. The van der Waals surface area contributed by atoms with Crippen molar-refractivity contribution in [2.24, 2.45) is 0 Å². The molecule has 24 heavy (non-hydrogen) atoms. The molecule has 2 unspecified atom stereocenters. The van der Waals surface area contributed by atoms with Gasteiger partial charge in [-0.25, -0.2) is 4.98 Å². The van der Waals surface area contributed by atoms with Gasteiger partial charge in [-0.2, -0.15) is 0 Å². The molecular weight excluding hydrogens is 324 g/mol. The van der Waals surface area contributed by atoms with Crippen molar-refractivity contribution >= 4 is 22.8 Å². The van der Waals surface area contributed by atoms with E-state index in [1.807, 2.05) is 11.6 Å². The molecule has 2 aromatic heterocycles. The van der Waals surface area contributed by atoms with E-state index in [2.05, 4.69) is 32.8 Å². The number of thiazole rings is 1. The zero-order valence-corrected chi connectivity index (χ0v) is 14.6. The van der Waals surface area contributed by atoms with Crippen LogP contribution >= 0.6 is 11.3 Å². The van der Waals surface area contributed by atoms with Gasteiger partial charge in [0.25, 0.3) is 5.56 Å². The molecule has 0 saturated carbocycles. The number of anilines is 2. The van der Waals surface area contributed by atoms with Gasteiger partial charge in [0.2, 0.25) is 0 Å². The average Bonchev–Trinajstić information content (AvgIpc) is 3.26. The quantitative estimate of drug-likeness (QED) is 0.925. The van der Waals surface area contributed by atoms with Gasteiger partial charge in [-0.05, 0) is 19.8 Å². The van der Waals surface area contributed by atoms with E-state index in [0.717, 1.165) is 42.4 Å². The Morgan fingerprint density at radius 2 is 2.25 bits per heavy atom. The Balaban J connectivity index is 1.67. The number of rotatable bonds is 3. The van der Waals surface area contributed by atoms with Crippen LogP contribution in [0.5, 0.6) is 0 Å². The highest BCUT2D eigenvalue weighted by atomic mass is 32.1. The number of nitrogens with one attached hydrogen (secondary N) is 1. The van der Waals surface area contributed by atoms with Gasteiger partial charge in [-0.15, -0.1) is 11.3 Å². The fourth-order valence-corrected chi connectivity index (χ4v) is 4.44. The van der Waals surface area contributed by atoms with Crippen molar-refractivity contribution in [3.63, 3.8) is 0 Å². The summed E-state index contributed by atoms with van der Waals surface area (Å²) in [5.74, 6) is 0.897. The van der Waals surface area contributed by atoms with Gasteiger partial charge in [0, 0.05) is 48.5 Å². The van der Waals surface area contributed by atoms with Crippen molar-refractivity contribution in [3.05, 3.63) is 39.1 Å². The van der Waals surface area contributed by atoms with Crippen molar-refractivity contribution in [1.29, 1.82) is 0 Å². The molecule has 2 aromatic rings. The predicted molar refractivity (Wildman–Crippen MR) is 96.1 cm³/mol. The molecule has 0 amide bonds. The molecule has 2 fully saturated rings. The lowest BCUT2D eigenvalue weighted by Crippen LogP contribution is -2.44. The summed E-state index contributed by atoms with van der Waals surface area (Å²) in [7, 11) is 0. The molecule has 0 aliphatic carbocycles. The first kappa shape index (κ1) is 15.7. The van der Waals surface area contributed by atoms with E-state index in [9.17, 15) is 4.79 Å². The van der Waals surface area contributed by atoms with Crippen molar-refractivity contribution < 1.29 is 4.74 Å². The van der Waals surface area contributed by atoms with Gasteiger partial charge in [-0.1, -0.05) is 0 Å². The summed E-state index contributed by atoms with van der Waals surface area (Å²) in [5.41, 5.74) is 0.931. The van der Waals surface area contributed by atoms with E-state index in [4.69, 9.17) is 4.74 Å². The summed E-state index contributed by atoms with van der Waals surface area (Å²) in [6, 6.07) is 4.34. The fraction of sp³-hybridized carbons (Fsp3) is 0.529. The summed E-state index contributed by atoms with van der Waals surface area (Å²) in [6.45, 7) is 5.31. The number of aromatic amines is 1. The van der Waals surface area contributed by atoms with Crippen LogP contribution in [-0.2, 0) is 4.74 Å². The van der Waals surface area contributed by atoms with Crippen LogP contribution in [0.2, 0.25) is 0 Å². The van der Waals surface area contributed by atoms with Crippen molar-refractivity contribution in [2.75, 3.05) is 36.1 Å². The largest absolute Gasteiger partial charge is 0.377 e. The lowest BCUT2D eigenvalue weighted by molar-refractivity contribution is 0.0989. The molecule has 4 heterocycles. The Morgan fingerprint density at radius 1 is 1.33 bits per heavy atom. The third-order valence-corrected chi connectivity index (χ3v) is 5.69. The predicted octanol–water partition coefficient (Wildman–Crippen LogP) is 2.40. The van der Waals surface area contributed by atoms with Gasteiger partial charge >= 0.3 is 0 Å². The first-order valence-electron chi connectivity index (χ1n) is 8.47. The number of aromatic nitrogens is 2. The summed E-state index contributed by atoms with van der Waals surface area (Å²) in [5, 5.41) is 3.14. The van der Waals surface area contributed by atoms with E-state index < -0.39 is 0 Å². The molecule has 2 atom stereocenters. The van der Waals surface area contributed by atoms with Gasteiger partial charge in [0.1, 0.15) is 10.8 Å². The number of hydrogen-bond donors (Lipinski definition) is 1. The second-order valence-electron chi connectivity index (χ2n) is 6.43. The smallest absolute Gasteiger partial charge is 0.251 e. The number of nitrogens with zero attached hydrogens (tertiary/aromatic N) is 3. The number of pyridine rings is 1. The zero-order valence-electron chi connectivity index (χ0n) is 13.8. The lowest BCUT2D eigenvalue weighted by Gasteiger charge is -2.35. The minimum Gasteiger partial charge on any atom is -0.377 e. The second kappa shape index (κ2) is 6.57. The van der Waals surface area contributed by atoms with E-state index in [1.54, 1.807) is 17.4 Å². The van der Waals surface area contributed by atoms with Crippen LogP contribution in [0.15, 0.2) is 28.5 Å². The van der Waals surface area contributed by atoms with Crippen LogP contribution in [0.25, 0.3) is 0 Å². The molecule has 4 rings (SSSR count). The van der Waals surface area contributed by atoms with Crippen LogP contribution < -0.4 is 15.4 Å². The zero-order chi connectivity index (χ0) is 16.5. The molecule has 128 valence electrons. The molecule has 0 spiro atoms. The monoisotopic (exact) mass is 346 g/mol. The first-order chi connectivity index (χ1) is 11.7. The molecule has 2 aliphatic rings. The maximum absolute atomic E-state index is 12.3. The maximum Gasteiger partial charge on any atom is 0.251 e. The molecule has 1 N–H and O–H groups in total. The van der Waals surface area contributed by atoms with Crippen LogP contribution in [0, 0.1) is 0 Å². The van der Waals surface area contributed by atoms with E-state index in [-0.39, 0.29) is 17.6 Å². The van der Waals surface area contributed by atoms with Crippen molar-refractivity contribution in [1.82, 2.24) is 9.97 Å². The highest BCUT2D eigenvalue weighted by molar-refractivity contribution is 7.09. The van der Waals surface area contributed by atoms with Crippen LogP contribution in [0.3, 0.4) is 0 Å². The second-order valence-corrected chi connectivity index (χ2v) is 7.35. The summed E-state index contributed by atoms with van der Waals surface area (Å²) in [6.07, 6.45) is 4.04. The Labute approximate surface area is 145 Å². The normalized spacial score (nSPS) is 24.5. The van der Waals surface area contributed by atoms with E-state index >= 15 is 0 Å². The first-order valence-corrected chi connectivity index (χ1v) is 9.35. The van der Waals surface area contributed by atoms with Crippen LogP contribution in [0.4, 0.5) is 11.5 Å². The SMILES string of the molecule is CC1COCCN1c1cc(N2CCCC2c2nccs2)[nH]c(=O)c1. The minimum atomic E-state index is -0.0500. The highest BCUT2D eigenvalue weighted by Crippen LogP contribution is 2.36. The van der Waals surface area contributed by atoms with Gasteiger partial charge in [0.05, 0.1) is 19.3 Å².